The fourth-order valence-electron chi connectivity index (χ4n) is 5.59. The number of sulfonamides is 1. The lowest BCUT2D eigenvalue weighted by Gasteiger charge is -2.36. The number of fused-ring (bicyclic) bond motifs is 1. The van der Waals surface area contributed by atoms with E-state index in [0.29, 0.717) is 64.9 Å². The van der Waals surface area contributed by atoms with E-state index >= 15 is 0 Å². The summed E-state index contributed by atoms with van der Waals surface area (Å²) < 4.78 is 33.2. The molecule has 0 aliphatic carbocycles. The zero-order chi connectivity index (χ0) is 25.3. The van der Waals surface area contributed by atoms with Crippen molar-refractivity contribution in [3.8, 4) is 0 Å². The second-order valence-corrected chi connectivity index (χ2v) is 11.7. The molecule has 0 bridgehead atoms. The van der Waals surface area contributed by atoms with Crippen LogP contribution in [0.3, 0.4) is 0 Å². The van der Waals surface area contributed by atoms with Gasteiger partial charge in [-0.05, 0) is 69.7 Å². The van der Waals surface area contributed by atoms with Crippen molar-refractivity contribution in [3.63, 3.8) is 0 Å². The summed E-state index contributed by atoms with van der Waals surface area (Å²) in [5.74, 6) is -0.536. The van der Waals surface area contributed by atoms with Gasteiger partial charge < -0.3 is 14.5 Å². The highest BCUT2D eigenvalue weighted by Crippen LogP contribution is 2.35. The summed E-state index contributed by atoms with van der Waals surface area (Å²) in [6.45, 7) is 7.28. The Hall–Kier alpha value is -2.46. The number of likely N-dealkylation sites (tertiary alicyclic amines) is 1. The number of amides is 2. The molecule has 2 fully saturated rings. The highest BCUT2D eigenvalue weighted by Gasteiger charge is 2.37. The van der Waals surface area contributed by atoms with Gasteiger partial charge in [-0.1, -0.05) is 0 Å². The predicted molar refractivity (Wildman–Crippen MR) is 130 cm³/mol. The molecule has 3 aliphatic rings. The minimum absolute atomic E-state index is 0.00423. The van der Waals surface area contributed by atoms with Crippen LogP contribution in [0.2, 0.25) is 0 Å². The van der Waals surface area contributed by atoms with Crippen LogP contribution < -0.4 is 4.90 Å². The van der Waals surface area contributed by atoms with Gasteiger partial charge in [0.05, 0.1) is 17.4 Å². The van der Waals surface area contributed by atoms with E-state index in [1.54, 1.807) is 30.0 Å². The van der Waals surface area contributed by atoms with Crippen LogP contribution in [0.15, 0.2) is 23.1 Å². The molecular formula is C25H35N3O6S. The van der Waals surface area contributed by atoms with Crippen molar-refractivity contribution in [3.05, 3.63) is 23.8 Å². The van der Waals surface area contributed by atoms with E-state index in [9.17, 15) is 22.8 Å². The molecule has 0 unspecified atom stereocenters. The van der Waals surface area contributed by atoms with Crippen LogP contribution >= 0.6 is 0 Å². The smallest absolute Gasteiger partial charge is 0.309 e. The lowest BCUT2D eigenvalue weighted by molar-refractivity contribution is -0.152. The Balaban J connectivity index is 1.35. The Morgan fingerprint density at radius 3 is 2.23 bits per heavy atom. The van der Waals surface area contributed by atoms with Gasteiger partial charge in [0.15, 0.2) is 0 Å². The monoisotopic (exact) mass is 505 g/mol. The summed E-state index contributed by atoms with van der Waals surface area (Å²) in [4.78, 5) is 40.7. The van der Waals surface area contributed by atoms with E-state index in [0.717, 1.165) is 11.3 Å². The van der Waals surface area contributed by atoms with Crippen LogP contribution in [-0.4, -0.2) is 74.2 Å². The number of rotatable bonds is 5. The fourth-order valence-corrected chi connectivity index (χ4v) is 7.11. The van der Waals surface area contributed by atoms with Gasteiger partial charge in [0.25, 0.3) is 0 Å². The maximum Gasteiger partial charge on any atom is 0.309 e. The first-order valence-corrected chi connectivity index (χ1v) is 14.0. The SMILES string of the molecule is CCOC(=O)C1CCN(C(=O)C2CCN(S(=O)(=O)c3ccc4c(c3)C[C@@H](C)N4C(C)=O)CC2)CC1. The van der Waals surface area contributed by atoms with Crippen LogP contribution in [0.4, 0.5) is 5.69 Å². The Labute approximate surface area is 207 Å². The van der Waals surface area contributed by atoms with Crippen LogP contribution in [0.25, 0.3) is 0 Å². The van der Waals surface area contributed by atoms with Crippen molar-refractivity contribution >= 4 is 33.5 Å². The Morgan fingerprint density at radius 2 is 1.63 bits per heavy atom. The van der Waals surface area contributed by atoms with E-state index in [1.807, 2.05) is 11.8 Å². The molecule has 10 heteroatoms. The molecule has 0 N–H and O–H groups in total. The first-order valence-electron chi connectivity index (χ1n) is 12.5. The van der Waals surface area contributed by atoms with Crippen molar-refractivity contribution in [2.45, 2.75) is 63.8 Å². The molecule has 0 spiro atoms. The van der Waals surface area contributed by atoms with Crippen LogP contribution in [-0.2, 0) is 35.6 Å². The molecule has 0 radical (unpaired) electrons. The normalized spacial score (nSPS) is 22.2. The van der Waals surface area contributed by atoms with Gasteiger partial charge >= 0.3 is 5.97 Å². The average molecular weight is 506 g/mol. The molecule has 1 aromatic rings. The Kier molecular flexibility index (Phi) is 7.51. The molecule has 9 nitrogen and oxygen atoms in total. The fraction of sp³-hybridized carbons (Fsp3) is 0.640. The molecule has 0 aromatic heterocycles. The summed E-state index contributed by atoms with van der Waals surface area (Å²) in [5, 5.41) is 0. The first-order chi connectivity index (χ1) is 16.6. The van der Waals surface area contributed by atoms with Gasteiger partial charge in [-0.15, -0.1) is 0 Å². The summed E-state index contributed by atoms with van der Waals surface area (Å²) in [7, 11) is -3.68. The molecule has 0 saturated carbocycles. The van der Waals surface area contributed by atoms with E-state index in [4.69, 9.17) is 4.74 Å². The summed E-state index contributed by atoms with van der Waals surface area (Å²) in [5.41, 5.74) is 1.64. The van der Waals surface area contributed by atoms with Crippen molar-refractivity contribution in [1.29, 1.82) is 0 Å². The van der Waals surface area contributed by atoms with E-state index in [-0.39, 0.29) is 40.6 Å². The van der Waals surface area contributed by atoms with Gasteiger partial charge in [0.2, 0.25) is 21.8 Å². The summed E-state index contributed by atoms with van der Waals surface area (Å²) in [6, 6.07) is 5.00. The third-order valence-corrected chi connectivity index (χ3v) is 9.37. The van der Waals surface area contributed by atoms with Gasteiger partial charge in [0, 0.05) is 50.7 Å². The van der Waals surface area contributed by atoms with E-state index < -0.39 is 10.0 Å². The number of piperidine rings is 2. The van der Waals surface area contributed by atoms with Crippen LogP contribution in [0.1, 0.15) is 52.0 Å². The molecule has 3 heterocycles. The highest BCUT2D eigenvalue weighted by atomic mass is 32.2. The van der Waals surface area contributed by atoms with Crippen molar-refractivity contribution in [2.75, 3.05) is 37.7 Å². The molecule has 2 amide bonds. The third-order valence-electron chi connectivity index (χ3n) is 7.47. The second-order valence-electron chi connectivity index (χ2n) is 9.76. The molecule has 3 aliphatic heterocycles. The maximum absolute atomic E-state index is 13.3. The lowest BCUT2D eigenvalue weighted by Crippen LogP contribution is -2.47. The average Bonchev–Trinajstić information content (AvgIpc) is 3.19. The van der Waals surface area contributed by atoms with Crippen LogP contribution in [0.5, 0.6) is 0 Å². The quantitative estimate of drug-likeness (QED) is 0.568. The molecular weight excluding hydrogens is 470 g/mol. The zero-order valence-electron chi connectivity index (χ0n) is 20.7. The number of benzene rings is 1. The third kappa shape index (κ3) is 5.09. The summed E-state index contributed by atoms with van der Waals surface area (Å²) >= 11 is 0. The number of anilines is 1. The molecule has 35 heavy (non-hydrogen) atoms. The number of carbonyl (C=O) groups excluding carboxylic acids is 3. The van der Waals surface area contributed by atoms with Gasteiger partial charge in [-0.3, -0.25) is 14.4 Å². The predicted octanol–water partition coefficient (Wildman–Crippen LogP) is 2.19. The zero-order valence-corrected chi connectivity index (χ0v) is 21.6. The van der Waals surface area contributed by atoms with Crippen molar-refractivity contribution in [1.82, 2.24) is 9.21 Å². The number of esters is 1. The van der Waals surface area contributed by atoms with Crippen molar-refractivity contribution in [2.24, 2.45) is 11.8 Å². The second kappa shape index (κ2) is 10.3. The Bertz CT molecular complexity index is 1090. The highest BCUT2D eigenvalue weighted by molar-refractivity contribution is 7.89. The molecule has 4 rings (SSSR count). The van der Waals surface area contributed by atoms with E-state index in [2.05, 4.69) is 0 Å². The molecule has 1 atom stereocenters. The lowest BCUT2D eigenvalue weighted by atomic mass is 9.92. The molecule has 2 saturated heterocycles. The number of nitrogens with zero attached hydrogens (tertiary/aromatic N) is 3. The van der Waals surface area contributed by atoms with Crippen molar-refractivity contribution < 1.29 is 27.5 Å². The van der Waals surface area contributed by atoms with Gasteiger partial charge in [-0.2, -0.15) is 4.31 Å². The standard InChI is InChI=1S/C25H35N3O6S/c1-4-34-25(31)20-7-11-26(12-8-20)24(30)19-9-13-27(14-10-19)35(32,33)22-5-6-23-21(16-22)15-17(2)28(23)18(3)29/h5-6,16-17,19-20H,4,7-15H2,1-3H3/t17-/m1/s1. The minimum Gasteiger partial charge on any atom is -0.466 e. The maximum atomic E-state index is 13.3. The number of hydrogen-bond donors (Lipinski definition) is 0. The topological polar surface area (TPSA) is 104 Å². The molecule has 192 valence electrons. The summed E-state index contributed by atoms with van der Waals surface area (Å²) in [6.07, 6.45) is 2.80. The van der Waals surface area contributed by atoms with Gasteiger partial charge in [-0.25, -0.2) is 8.42 Å². The molecule has 1 aromatic carbocycles. The van der Waals surface area contributed by atoms with Gasteiger partial charge in [0.1, 0.15) is 0 Å². The number of carbonyl (C=O) groups is 3. The van der Waals surface area contributed by atoms with Crippen LogP contribution in [0, 0.1) is 11.8 Å². The minimum atomic E-state index is -3.68. The number of ether oxygens (including phenoxy) is 1. The first kappa shape index (κ1) is 25.6. The largest absolute Gasteiger partial charge is 0.466 e. The Morgan fingerprint density at radius 1 is 1.00 bits per heavy atom. The number of hydrogen-bond acceptors (Lipinski definition) is 6. The van der Waals surface area contributed by atoms with E-state index in [1.165, 1.54) is 11.2 Å².